The lowest BCUT2D eigenvalue weighted by molar-refractivity contribution is 0.0915. The Bertz CT molecular complexity index is 1050. The van der Waals surface area contributed by atoms with Crippen LogP contribution in [0.4, 0.5) is 0 Å². The highest BCUT2D eigenvalue weighted by atomic mass is 28.4. The molecule has 2 aromatic carbocycles. The molecule has 6 nitrogen and oxygen atoms in total. The summed E-state index contributed by atoms with van der Waals surface area (Å²) >= 11 is 0. The van der Waals surface area contributed by atoms with Crippen LogP contribution in [0.25, 0.3) is 0 Å². The van der Waals surface area contributed by atoms with Crippen LogP contribution < -0.4 is 25.9 Å². The Balaban J connectivity index is 1.80. The number of carbonyl (C=O) groups is 1. The van der Waals surface area contributed by atoms with Crippen molar-refractivity contribution < 1.29 is 18.4 Å². The molecule has 168 valence electrons. The highest BCUT2D eigenvalue weighted by molar-refractivity contribution is 6.99. The van der Waals surface area contributed by atoms with Gasteiger partial charge in [-0.1, -0.05) is 81.4 Å². The first-order chi connectivity index (χ1) is 15.3. The van der Waals surface area contributed by atoms with Gasteiger partial charge in [0.25, 0.3) is 14.2 Å². The Morgan fingerprint density at radius 2 is 1.56 bits per heavy atom. The number of amides is 1. The van der Waals surface area contributed by atoms with Crippen LogP contribution in [0.15, 0.2) is 82.2 Å². The third kappa shape index (κ3) is 4.84. The van der Waals surface area contributed by atoms with E-state index in [2.05, 4.69) is 50.4 Å². The van der Waals surface area contributed by atoms with Crippen molar-refractivity contribution in [2.75, 3.05) is 20.3 Å². The normalized spacial score (nSPS) is 11.8. The summed E-state index contributed by atoms with van der Waals surface area (Å²) < 4.78 is 16.8. The molecular weight excluding hydrogens is 422 g/mol. The van der Waals surface area contributed by atoms with Gasteiger partial charge in [-0.2, -0.15) is 0 Å². The molecule has 0 unspecified atom stereocenters. The number of ether oxygens (including phenoxy) is 1. The first-order valence-corrected chi connectivity index (χ1v) is 12.4. The summed E-state index contributed by atoms with van der Waals surface area (Å²) in [5.74, 6) is -0.492. The van der Waals surface area contributed by atoms with Crippen LogP contribution in [0.1, 0.15) is 31.3 Å². The van der Waals surface area contributed by atoms with Crippen molar-refractivity contribution in [2.24, 2.45) is 0 Å². The van der Waals surface area contributed by atoms with Crippen molar-refractivity contribution >= 4 is 24.6 Å². The molecule has 0 atom stereocenters. The van der Waals surface area contributed by atoms with Crippen molar-refractivity contribution in [2.45, 2.75) is 25.8 Å². The van der Waals surface area contributed by atoms with Gasteiger partial charge < -0.3 is 18.9 Å². The van der Waals surface area contributed by atoms with Crippen molar-refractivity contribution in [1.29, 1.82) is 0 Å². The molecule has 3 aromatic rings. The van der Waals surface area contributed by atoms with E-state index < -0.39 is 19.7 Å². The third-order valence-corrected chi connectivity index (χ3v) is 10.4. The van der Waals surface area contributed by atoms with Gasteiger partial charge in [-0.3, -0.25) is 9.59 Å². The van der Waals surface area contributed by atoms with Crippen LogP contribution in [0.2, 0.25) is 5.04 Å². The minimum Gasteiger partial charge on any atom is -0.490 e. The maximum absolute atomic E-state index is 12.4. The van der Waals surface area contributed by atoms with Gasteiger partial charge in [-0.15, -0.1) is 0 Å². The average molecular weight is 452 g/mol. The number of hydrogen-bond donors (Lipinski definition) is 1. The molecule has 1 heterocycles. The molecule has 32 heavy (non-hydrogen) atoms. The lowest BCUT2D eigenvalue weighted by Crippen LogP contribution is -2.67. The molecular formula is C25H29NO5Si. The van der Waals surface area contributed by atoms with Crippen LogP contribution in [-0.2, 0) is 4.43 Å². The van der Waals surface area contributed by atoms with E-state index in [0.717, 1.165) is 12.3 Å². The van der Waals surface area contributed by atoms with E-state index in [1.54, 1.807) is 0 Å². The van der Waals surface area contributed by atoms with Crippen molar-refractivity contribution in [1.82, 2.24) is 5.32 Å². The van der Waals surface area contributed by atoms with Gasteiger partial charge in [0.1, 0.15) is 6.26 Å². The molecule has 0 saturated carbocycles. The highest BCUT2D eigenvalue weighted by Gasteiger charge is 2.49. The summed E-state index contributed by atoms with van der Waals surface area (Å²) in [6, 6.07) is 21.7. The van der Waals surface area contributed by atoms with E-state index in [-0.39, 0.29) is 23.1 Å². The second-order valence-corrected chi connectivity index (χ2v) is 12.8. The van der Waals surface area contributed by atoms with Gasteiger partial charge in [0.15, 0.2) is 5.76 Å². The second kappa shape index (κ2) is 9.97. The summed E-state index contributed by atoms with van der Waals surface area (Å²) in [6.45, 7) is 7.19. The van der Waals surface area contributed by atoms with Crippen molar-refractivity contribution in [3.63, 3.8) is 0 Å². The zero-order chi connectivity index (χ0) is 23.2. The smallest absolute Gasteiger partial charge is 0.287 e. The molecule has 3 rings (SSSR count). The van der Waals surface area contributed by atoms with E-state index in [1.165, 1.54) is 17.5 Å². The maximum Gasteiger partial charge on any atom is 0.287 e. The lowest BCUT2D eigenvalue weighted by Gasteiger charge is -2.43. The van der Waals surface area contributed by atoms with Crippen molar-refractivity contribution in [3.8, 4) is 5.75 Å². The number of methoxy groups -OCH3 is 1. The first kappa shape index (κ1) is 23.5. The van der Waals surface area contributed by atoms with Crippen molar-refractivity contribution in [3.05, 3.63) is 89.0 Å². The fourth-order valence-electron chi connectivity index (χ4n) is 3.88. The monoisotopic (exact) mass is 451 g/mol. The Morgan fingerprint density at radius 3 is 2.03 bits per heavy atom. The Hall–Kier alpha value is -3.16. The number of rotatable bonds is 8. The van der Waals surface area contributed by atoms with Gasteiger partial charge in [-0.05, 0) is 15.4 Å². The fourth-order valence-corrected chi connectivity index (χ4v) is 8.45. The summed E-state index contributed by atoms with van der Waals surface area (Å²) in [6.07, 6.45) is 1.14. The van der Waals surface area contributed by atoms with Gasteiger partial charge in [-0.25, -0.2) is 0 Å². The van der Waals surface area contributed by atoms with Crippen LogP contribution in [0.5, 0.6) is 5.75 Å². The van der Waals surface area contributed by atoms with Crippen LogP contribution in [0, 0.1) is 0 Å². The Kier molecular flexibility index (Phi) is 7.32. The molecule has 7 heteroatoms. The fraction of sp³-hybridized carbons (Fsp3) is 0.280. The predicted octanol–water partition coefficient (Wildman–Crippen LogP) is 2.95. The maximum atomic E-state index is 12.4. The average Bonchev–Trinajstić information content (AvgIpc) is 2.79. The van der Waals surface area contributed by atoms with Crippen LogP contribution in [-0.4, -0.2) is 34.5 Å². The molecule has 1 aromatic heterocycles. The zero-order valence-corrected chi connectivity index (χ0v) is 19.9. The van der Waals surface area contributed by atoms with E-state index in [9.17, 15) is 9.59 Å². The standard InChI is InChI=1S/C25H29NO5Si/c1-25(2,3)32(19-11-7-5-8-12-19,20-13-9-6-10-14-20)31-16-15-26-24(28)22-17-21(27)23(29-4)18-30-22/h5-14,17-18H,15-16H2,1-4H3,(H,26,28). The largest absolute Gasteiger partial charge is 0.490 e. The quantitative estimate of drug-likeness (QED) is 0.421. The number of benzene rings is 2. The first-order valence-electron chi connectivity index (χ1n) is 10.5. The molecule has 0 aliphatic heterocycles. The SMILES string of the molecule is COc1coc(C(=O)NCCO[Si](c2ccccc2)(c2ccccc2)C(C)(C)C)cc1=O. The molecule has 0 fully saturated rings. The summed E-state index contributed by atoms with van der Waals surface area (Å²) in [4.78, 5) is 24.3. The zero-order valence-electron chi connectivity index (χ0n) is 18.9. The molecule has 0 aliphatic rings. The predicted molar refractivity (Wildman–Crippen MR) is 127 cm³/mol. The number of hydrogen-bond acceptors (Lipinski definition) is 5. The minimum atomic E-state index is -2.66. The van der Waals surface area contributed by atoms with Gasteiger partial charge in [0, 0.05) is 12.6 Å². The summed E-state index contributed by atoms with van der Waals surface area (Å²) in [7, 11) is -1.29. The molecule has 1 amide bonds. The van der Waals surface area contributed by atoms with Crippen LogP contribution in [0.3, 0.4) is 0 Å². The van der Waals surface area contributed by atoms with E-state index in [0.29, 0.717) is 6.61 Å². The molecule has 0 saturated heterocycles. The molecule has 0 aliphatic carbocycles. The van der Waals surface area contributed by atoms with E-state index in [4.69, 9.17) is 13.6 Å². The lowest BCUT2D eigenvalue weighted by atomic mass is 10.2. The highest BCUT2D eigenvalue weighted by Crippen LogP contribution is 2.36. The van der Waals surface area contributed by atoms with E-state index >= 15 is 0 Å². The van der Waals surface area contributed by atoms with Gasteiger partial charge >= 0.3 is 0 Å². The number of nitrogens with one attached hydrogen (secondary N) is 1. The second-order valence-electron chi connectivity index (χ2n) is 8.44. The summed E-state index contributed by atoms with van der Waals surface area (Å²) in [5.41, 5.74) is -0.410. The minimum absolute atomic E-state index is 0.0524. The molecule has 1 N–H and O–H groups in total. The third-order valence-electron chi connectivity index (χ3n) is 5.36. The van der Waals surface area contributed by atoms with Gasteiger partial charge in [0.05, 0.1) is 13.7 Å². The Labute approximate surface area is 189 Å². The topological polar surface area (TPSA) is 77.8 Å². The molecule has 0 bridgehead atoms. The number of carbonyl (C=O) groups excluding carboxylic acids is 1. The van der Waals surface area contributed by atoms with E-state index in [1.807, 2.05) is 36.4 Å². The Morgan fingerprint density at radius 1 is 1.00 bits per heavy atom. The van der Waals surface area contributed by atoms with Crippen LogP contribution >= 0.6 is 0 Å². The molecule has 0 spiro atoms. The summed E-state index contributed by atoms with van der Waals surface area (Å²) in [5, 5.41) is 4.97. The molecule has 0 radical (unpaired) electrons. The van der Waals surface area contributed by atoms with Gasteiger partial charge in [0.2, 0.25) is 11.2 Å².